The summed E-state index contributed by atoms with van der Waals surface area (Å²) in [5.74, 6) is -0.765. The highest BCUT2D eigenvalue weighted by Gasteiger charge is 2.35. The number of rotatable bonds is 5. The van der Waals surface area contributed by atoms with Crippen LogP contribution in [0.4, 0.5) is 0 Å². The van der Waals surface area contributed by atoms with Crippen molar-refractivity contribution >= 4 is 5.97 Å². The van der Waals surface area contributed by atoms with E-state index < -0.39 is 11.5 Å². The Morgan fingerprint density at radius 1 is 1.47 bits per heavy atom. The summed E-state index contributed by atoms with van der Waals surface area (Å²) in [5.41, 5.74) is -0.836. The predicted octanol–water partition coefficient (Wildman–Crippen LogP) is 1.70. The van der Waals surface area contributed by atoms with Gasteiger partial charge in [0.25, 0.3) is 0 Å². The number of aliphatic carboxylic acids is 1. The third kappa shape index (κ3) is 3.68. The number of hydrogen-bond acceptors (Lipinski definition) is 3. The molecule has 1 aliphatic heterocycles. The lowest BCUT2D eigenvalue weighted by Gasteiger charge is -2.36. The molecule has 0 aromatic rings. The molecule has 0 amide bonds. The van der Waals surface area contributed by atoms with Crippen molar-refractivity contribution in [3.63, 3.8) is 0 Å². The van der Waals surface area contributed by atoms with Crippen molar-refractivity contribution in [2.24, 2.45) is 0 Å². The molecule has 2 unspecified atom stereocenters. The quantitative estimate of drug-likeness (QED) is 0.770. The number of carboxylic acid groups (broad SMARTS) is 1. The Balaban J connectivity index is 2.71. The molecule has 2 atom stereocenters. The molecule has 0 aliphatic carbocycles. The minimum Gasteiger partial charge on any atom is -0.480 e. The molecule has 1 saturated heterocycles. The van der Waals surface area contributed by atoms with Gasteiger partial charge in [0, 0.05) is 12.6 Å². The molecule has 4 nitrogen and oxygen atoms in total. The van der Waals surface area contributed by atoms with Gasteiger partial charge in [0.05, 0.1) is 0 Å². The Kier molecular flexibility index (Phi) is 5.40. The van der Waals surface area contributed by atoms with Gasteiger partial charge in [0.2, 0.25) is 0 Å². The largest absolute Gasteiger partial charge is 0.480 e. The fourth-order valence-electron chi connectivity index (χ4n) is 2.57. The van der Waals surface area contributed by atoms with Gasteiger partial charge >= 0.3 is 5.97 Å². The maximum atomic E-state index is 11.3. The summed E-state index contributed by atoms with van der Waals surface area (Å²) in [6.45, 7) is 5.59. The fraction of sp³-hybridized carbons (Fsp3) is 0.923. The van der Waals surface area contributed by atoms with Gasteiger partial charge in [-0.3, -0.25) is 9.69 Å². The molecule has 0 radical (unpaired) electrons. The summed E-state index contributed by atoms with van der Waals surface area (Å²) in [5, 5.41) is 12.3. The Morgan fingerprint density at radius 3 is 2.71 bits per heavy atom. The average Bonchev–Trinajstić information content (AvgIpc) is 2.53. The Hall–Kier alpha value is -0.610. The van der Waals surface area contributed by atoms with E-state index in [0.29, 0.717) is 12.6 Å². The maximum absolute atomic E-state index is 11.3. The van der Waals surface area contributed by atoms with Gasteiger partial charge in [-0.05, 0) is 39.8 Å². The lowest BCUT2D eigenvalue weighted by molar-refractivity contribution is -0.145. The highest BCUT2D eigenvalue weighted by atomic mass is 16.4. The Morgan fingerprint density at radius 2 is 2.18 bits per heavy atom. The van der Waals surface area contributed by atoms with E-state index in [4.69, 9.17) is 0 Å². The van der Waals surface area contributed by atoms with E-state index in [1.807, 2.05) is 0 Å². The summed E-state index contributed by atoms with van der Waals surface area (Å²) >= 11 is 0. The highest BCUT2D eigenvalue weighted by molar-refractivity contribution is 5.78. The van der Waals surface area contributed by atoms with Gasteiger partial charge in [-0.15, -0.1) is 0 Å². The second kappa shape index (κ2) is 6.36. The van der Waals surface area contributed by atoms with Crippen LogP contribution in [0.3, 0.4) is 0 Å². The Labute approximate surface area is 104 Å². The van der Waals surface area contributed by atoms with Crippen molar-refractivity contribution in [2.75, 3.05) is 20.1 Å². The first-order chi connectivity index (χ1) is 8.03. The van der Waals surface area contributed by atoms with Crippen molar-refractivity contribution in [3.05, 3.63) is 0 Å². The van der Waals surface area contributed by atoms with Gasteiger partial charge in [-0.1, -0.05) is 19.8 Å². The predicted molar refractivity (Wildman–Crippen MR) is 69.2 cm³/mol. The maximum Gasteiger partial charge on any atom is 0.324 e. The third-order valence-electron chi connectivity index (χ3n) is 4.01. The molecule has 4 heteroatoms. The molecule has 0 bridgehead atoms. The summed E-state index contributed by atoms with van der Waals surface area (Å²) in [4.78, 5) is 13.7. The van der Waals surface area contributed by atoms with E-state index in [-0.39, 0.29) is 0 Å². The monoisotopic (exact) mass is 242 g/mol. The molecule has 0 saturated carbocycles. The van der Waals surface area contributed by atoms with Crippen molar-refractivity contribution in [1.82, 2.24) is 10.2 Å². The molecular weight excluding hydrogens is 216 g/mol. The lowest BCUT2D eigenvalue weighted by atomic mass is 10.00. The van der Waals surface area contributed by atoms with Crippen molar-refractivity contribution in [2.45, 2.75) is 57.5 Å². The first-order valence-corrected chi connectivity index (χ1v) is 6.70. The summed E-state index contributed by atoms with van der Waals surface area (Å²) < 4.78 is 0. The van der Waals surface area contributed by atoms with Crippen molar-refractivity contribution < 1.29 is 9.90 Å². The van der Waals surface area contributed by atoms with Crippen LogP contribution in [0, 0.1) is 0 Å². The van der Waals surface area contributed by atoms with Crippen LogP contribution in [0.25, 0.3) is 0 Å². The SMILES string of the molecule is CCC1CCCCCN1CC(C)(NC)C(=O)O. The average molecular weight is 242 g/mol. The molecule has 1 fully saturated rings. The first kappa shape index (κ1) is 14.5. The van der Waals surface area contributed by atoms with E-state index >= 15 is 0 Å². The third-order valence-corrected chi connectivity index (χ3v) is 4.01. The molecular formula is C13H26N2O2. The fourth-order valence-corrected chi connectivity index (χ4v) is 2.57. The van der Waals surface area contributed by atoms with E-state index in [9.17, 15) is 9.90 Å². The minimum atomic E-state index is -0.836. The van der Waals surface area contributed by atoms with Crippen LogP contribution < -0.4 is 5.32 Å². The molecule has 100 valence electrons. The first-order valence-electron chi connectivity index (χ1n) is 6.70. The topological polar surface area (TPSA) is 52.6 Å². The van der Waals surface area contributed by atoms with E-state index in [1.54, 1.807) is 14.0 Å². The van der Waals surface area contributed by atoms with Crippen LogP contribution >= 0.6 is 0 Å². The van der Waals surface area contributed by atoms with Gasteiger partial charge < -0.3 is 10.4 Å². The van der Waals surface area contributed by atoms with Crippen LogP contribution in [-0.2, 0) is 4.79 Å². The number of nitrogens with one attached hydrogen (secondary N) is 1. The summed E-state index contributed by atoms with van der Waals surface area (Å²) in [6, 6.07) is 0.546. The summed E-state index contributed by atoms with van der Waals surface area (Å²) in [6.07, 6.45) is 6.06. The second-order valence-electron chi connectivity index (χ2n) is 5.27. The second-order valence-corrected chi connectivity index (χ2v) is 5.27. The molecule has 0 spiro atoms. The molecule has 2 N–H and O–H groups in total. The number of likely N-dealkylation sites (N-methyl/N-ethyl adjacent to an activating group) is 1. The highest BCUT2D eigenvalue weighted by Crippen LogP contribution is 2.21. The smallest absolute Gasteiger partial charge is 0.324 e. The number of carbonyl (C=O) groups is 1. The zero-order chi connectivity index (χ0) is 12.9. The van der Waals surface area contributed by atoms with Gasteiger partial charge in [-0.25, -0.2) is 0 Å². The molecule has 1 heterocycles. The zero-order valence-corrected chi connectivity index (χ0v) is 11.3. The van der Waals surface area contributed by atoms with Gasteiger partial charge in [-0.2, -0.15) is 0 Å². The summed E-state index contributed by atoms with van der Waals surface area (Å²) in [7, 11) is 1.73. The molecule has 17 heavy (non-hydrogen) atoms. The van der Waals surface area contributed by atoms with E-state index in [1.165, 1.54) is 25.7 Å². The normalized spacial score (nSPS) is 26.2. The van der Waals surface area contributed by atoms with Crippen LogP contribution in [-0.4, -0.2) is 47.7 Å². The number of carboxylic acids is 1. The standard InChI is InChI=1S/C13H26N2O2/c1-4-11-8-6-5-7-9-15(11)10-13(2,14-3)12(16)17/h11,14H,4-10H2,1-3H3,(H,16,17). The van der Waals surface area contributed by atoms with E-state index in [0.717, 1.165) is 13.0 Å². The van der Waals surface area contributed by atoms with Crippen LogP contribution in [0.2, 0.25) is 0 Å². The number of nitrogens with zero attached hydrogens (tertiary/aromatic N) is 1. The molecule has 1 aliphatic rings. The molecule has 0 aromatic heterocycles. The van der Waals surface area contributed by atoms with Crippen LogP contribution in [0.1, 0.15) is 46.0 Å². The van der Waals surface area contributed by atoms with Crippen molar-refractivity contribution in [3.8, 4) is 0 Å². The van der Waals surface area contributed by atoms with Crippen LogP contribution in [0.15, 0.2) is 0 Å². The lowest BCUT2D eigenvalue weighted by Crippen LogP contribution is -2.57. The molecule has 1 rings (SSSR count). The van der Waals surface area contributed by atoms with Crippen LogP contribution in [0.5, 0.6) is 0 Å². The van der Waals surface area contributed by atoms with E-state index in [2.05, 4.69) is 17.1 Å². The number of hydrogen-bond donors (Lipinski definition) is 2. The zero-order valence-electron chi connectivity index (χ0n) is 11.3. The molecule has 0 aromatic carbocycles. The Bertz CT molecular complexity index is 258. The van der Waals surface area contributed by atoms with Crippen molar-refractivity contribution in [1.29, 1.82) is 0 Å². The van der Waals surface area contributed by atoms with Gasteiger partial charge in [0.1, 0.15) is 5.54 Å². The minimum absolute atomic E-state index is 0.546. The van der Waals surface area contributed by atoms with Gasteiger partial charge in [0.15, 0.2) is 0 Å². The number of likely N-dealkylation sites (tertiary alicyclic amines) is 1.